The Morgan fingerprint density at radius 1 is 1.04 bits per heavy atom. The molecule has 1 aliphatic rings. The Morgan fingerprint density at radius 3 is 2.56 bits per heavy atom. The molecule has 0 unspecified atom stereocenters. The van der Waals surface area contributed by atoms with Crippen molar-refractivity contribution in [3.63, 3.8) is 0 Å². The van der Waals surface area contributed by atoms with E-state index in [0.717, 1.165) is 30.0 Å². The second-order valence-corrected chi connectivity index (χ2v) is 6.97. The lowest BCUT2D eigenvalue weighted by molar-refractivity contribution is 0.573. The van der Waals surface area contributed by atoms with Gasteiger partial charge in [0.2, 0.25) is 0 Å². The van der Waals surface area contributed by atoms with Crippen LogP contribution in [0.1, 0.15) is 36.1 Å². The minimum atomic E-state index is -0.148. The molecule has 1 saturated heterocycles. The second kappa shape index (κ2) is 6.51. The van der Waals surface area contributed by atoms with Gasteiger partial charge in [0, 0.05) is 35.9 Å². The number of benzene rings is 1. The molecule has 0 radical (unpaired) electrons. The molecule has 4 heteroatoms. The molecule has 3 heterocycles. The fourth-order valence-corrected chi connectivity index (χ4v) is 3.91. The van der Waals surface area contributed by atoms with Gasteiger partial charge in [-0.3, -0.25) is 0 Å². The zero-order chi connectivity index (χ0) is 17.4. The van der Waals surface area contributed by atoms with E-state index in [1.165, 1.54) is 42.0 Å². The van der Waals surface area contributed by atoms with Gasteiger partial charge in [-0.25, -0.2) is 9.37 Å². The first-order valence-electron chi connectivity index (χ1n) is 9.09. The molecule has 4 rings (SSSR count). The number of aromatic nitrogens is 2. The van der Waals surface area contributed by atoms with Gasteiger partial charge in [-0.15, -0.1) is 0 Å². The van der Waals surface area contributed by atoms with Crippen LogP contribution in [0, 0.1) is 19.7 Å². The third-order valence-electron chi connectivity index (χ3n) is 5.47. The van der Waals surface area contributed by atoms with E-state index >= 15 is 0 Å². The van der Waals surface area contributed by atoms with E-state index in [1.54, 1.807) is 6.07 Å². The Labute approximate surface area is 148 Å². The molecule has 0 bridgehead atoms. The number of hydrogen-bond acceptors (Lipinski definition) is 2. The second-order valence-electron chi connectivity index (χ2n) is 6.97. The highest BCUT2D eigenvalue weighted by Gasteiger charge is 2.21. The molecule has 1 fully saturated rings. The number of pyridine rings is 1. The Balaban J connectivity index is 1.88. The zero-order valence-corrected chi connectivity index (χ0v) is 14.9. The molecule has 0 spiro atoms. The maximum absolute atomic E-state index is 14.2. The predicted molar refractivity (Wildman–Crippen MR) is 101 cm³/mol. The van der Waals surface area contributed by atoms with Crippen LogP contribution in [0.15, 0.2) is 36.5 Å². The van der Waals surface area contributed by atoms with Crippen molar-refractivity contribution in [1.82, 2.24) is 9.55 Å². The van der Waals surface area contributed by atoms with E-state index in [1.807, 2.05) is 18.3 Å². The first-order valence-corrected chi connectivity index (χ1v) is 9.09. The summed E-state index contributed by atoms with van der Waals surface area (Å²) in [5.41, 5.74) is 4.30. The number of halogens is 1. The highest BCUT2D eigenvalue weighted by atomic mass is 19.1. The first kappa shape index (κ1) is 16.1. The standard InChI is InChI=1S/C21H24FN3/c1-15-16(2)25(14-17-8-4-5-9-19(17)22)20-18(15)10-11-23-21(20)24-12-6-3-7-13-24/h4-5,8-11H,3,6-7,12-14H2,1-2H3. The normalized spacial score (nSPS) is 15.1. The van der Waals surface area contributed by atoms with Gasteiger partial charge in [0.1, 0.15) is 5.82 Å². The molecule has 130 valence electrons. The van der Waals surface area contributed by atoms with Crippen molar-refractivity contribution in [3.8, 4) is 0 Å². The van der Waals surface area contributed by atoms with Gasteiger partial charge >= 0.3 is 0 Å². The lowest BCUT2D eigenvalue weighted by atomic mass is 10.1. The molecule has 0 amide bonds. The van der Waals surface area contributed by atoms with E-state index in [2.05, 4.69) is 29.4 Å². The van der Waals surface area contributed by atoms with E-state index in [9.17, 15) is 4.39 Å². The van der Waals surface area contributed by atoms with Crippen LogP contribution in [0.4, 0.5) is 10.2 Å². The Hall–Kier alpha value is -2.36. The Bertz CT molecular complexity index is 907. The molecule has 0 aliphatic carbocycles. The van der Waals surface area contributed by atoms with Gasteiger partial charge in [0.25, 0.3) is 0 Å². The Morgan fingerprint density at radius 2 is 1.80 bits per heavy atom. The molecule has 0 N–H and O–H groups in total. The zero-order valence-electron chi connectivity index (χ0n) is 14.9. The van der Waals surface area contributed by atoms with Crippen LogP contribution in [0.25, 0.3) is 10.9 Å². The molecule has 3 aromatic rings. The third-order valence-corrected chi connectivity index (χ3v) is 5.47. The molecular formula is C21H24FN3. The van der Waals surface area contributed by atoms with Gasteiger partial charge in [0.15, 0.2) is 5.82 Å². The maximum Gasteiger partial charge on any atom is 0.153 e. The summed E-state index contributed by atoms with van der Waals surface area (Å²) in [6.07, 6.45) is 5.63. The first-order chi connectivity index (χ1) is 12.2. The van der Waals surface area contributed by atoms with Crippen LogP contribution >= 0.6 is 0 Å². The topological polar surface area (TPSA) is 21.1 Å². The van der Waals surface area contributed by atoms with Gasteiger partial charge in [-0.2, -0.15) is 0 Å². The van der Waals surface area contributed by atoms with Crippen molar-refractivity contribution >= 4 is 16.7 Å². The van der Waals surface area contributed by atoms with Crippen LogP contribution in [0.2, 0.25) is 0 Å². The van der Waals surface area contributed by atoms with Gasteiger partial charge in [0.05, 0.1) is 12.1 Å². The van der Waals surface area contributed by atoms with Crippen LogP contribution in [0.3, 0.4) is 0 Å². The molecular weight excluding hydrogens is 313 g/mol. The fourth-order valence-electron chi connectivity index (χ4n) is 3.91. The molecule has 3 nitrogen and oxygen atoms in total. The van der Waals surface area contributed by atoms with Crippen LogP contribution in [0.5, 0.6) is 0 Å². The van der Waals surface area contributed by atoms with Gasteiger partial charge in [-0.05, 0) is 50.8 Å². The summed E-state index contributed by atoms with van der Waals surface area (Å²) < 4.78 is 16.5. The summed E-state index contributed by atoms with van der Waals surface area (Å²) in [6, 6.07) is 9.13. The summed E-state index contributed by atoms with van der Waals surface area (Å²) in [5.74, 6) is 0.898. The van der Waals surface area contributed by atoms with Crippen molar-refractivity contribution in [2.75, 3.05) is 18.0 Å². The number of aryl methyl sites for hydroxylation is 1. The minimum Gasteiger partial charge on any atom is -0.355 e. The number of fused-ring (bicyclic) bond motifs is 1. The van der Waals surface area contributed by atoms with E-state index in [-0.39, 0.29) is 5.82 Å². The van der Waals surface area contributed by atoms with Crippen LogP contribution < -0.4 is 4.90 Å². The quantitative estimate of drug-likeness (QED) is 0.682. The molecule has 2 aromatic heterocycles. The van der Waals surface area contributed by atoms with Crippen molar-refractivity contribution in [2.45, 2.75) is 39.7 Å². The van der Waals surface area contributed by atoms with E-state index < -0.39 is 0 Å². The highest BCUT2D eigenvalue weighted by molar-refractivity contribution is 5.93. The summed E-state index contributed by atoms with van der Waals surface area (Å²) in [7, 11) is 0. The van der Waals surface area contributed by atoms with Gasteiger partial charge < -0.3 is 9.47 Å². The largest absolute Gasteiger partial charge is 0.355 e. The SMILES string of the molecule is Cc1c(C)n(Cc2ccccc2F)c2c(N3CCCCC3)nccc12. The minimum absolute atomic E-state index is 0.148. The van der Waals surface area contributed by atoms with Crippen molar-refractivity contribution in [1.29, 1.82) is 0 Å². The molecule has 0 saturated carbocycles. The number of anilines is 1. The summed E-state index contributed by atoms with van der Waals surface area (Å²) >= 11 is 0. The van der Waals surface area contributed by atoms with Crippen molar-refractivity contribution in [2.24, 2.45) is 0 Å². The van der Waals surface area contributed by atoms with Gasteiger partial charge in [-0.1, -0.05) is 18.2 Å². The smallest absolute Gasteiger partial charge is 0.153 e. The van der Waals surface area contributed by atoms with Crippen molar-refractivity contribution < 1.29 is 4.39 Å². The van der Waals surface area contributed by atoms with Crippen LogP contribution in [-0.4, -0.2) is 22.6 Å². The maximum atomic E-state index is 14.2. The monoisotopic (exact) mass is 337 g/mol. The average molecular weight is 337 g/mol. The number of piperidine rings is 1. The van der Waals surface area contributed by atoms with E-state index in [0.29, 0.717) is 6.54 Å². The molecule has 0 atom stereocenters. The lowest BCUT2D eigenvalue weighted by Gasteiger charge is -2.28. The predicted octanol–water partition coefficient (Wildman–Crippen LogP) is 4.83. The van der Waals surface area contributed by atoms with Crippen molar-refractivity contribution in [3.05, 3.63) is 59.2 Å². The number of hydrogen-bond donors (Lipinski definition) is 0. The lowest BCUT2D eigenvalue weighted by Crippen LogP contribution is -2.30. The van der Waals surface area contributed by atoms with E-state index in [4.69, 9.17) is 4.98 Å². The summed E-state index contributed by atoms with van der Waals surface area (Å²) in [6.45, 7) is 6.91. The average Bonchev–Trinajstić information content (AvgIpc) is 2.89. The fraction of sp³-hybridized carbons (Fsp3) is 0.381. The number of nitrogens with zero attached hydrogens (tertiary/aromatic N) is 3. The molecule has 1 aromatic carbocycles. The summed E-state index contributed by atoms with van der Waals surface area (Å²) in [4.78, 5) is 7.11. The van der Waals surface area contributed by atoms with Crippen LogP contribution in [-0.2, 0) is 6.54 Å². The Kier molecular flexibility index (Phi) is 4.20. The molecule has 25 heavy (non-hydrogen) atoms. The molecule has 1 aliphatic heterocycles. The highest BCUT2D eigenvalue weighted by Crippen LogP contribution is 2.33. The third kappa shape index (κ3) is 2.80. The number of rotatable bonds is 3. The summed E-state index contributed by atoms with van der Waals surface area (Å²) in [5, 5.41) is 1.23.